The van der Waals surface area contributed by atoms with Crippen LogP contribution in [0.2, 0.25) is 0 Å². The molecule has 100 valence electrons. The summed E-state index contributed by atoms with van der Waals surface area (Å²) < 4.78 is 11.6. The first-order chi connectivity index (χ1) is 8.56. The maximum absolute atomic E-state index is 11.6. The van der Waals surface area contributed by atoms with Crippen molar-refractivity contribution in [3.8, 4) is 5.75 Å². The van der Waals surface area contributed by atoms with Crippen LogP contribution in [0.1, 0.15) is 55.4 Å². The predicted molar refractivity (Wildman–Crippen MR) is 76.3 cm³/mol. The van der Waals surface area contributed by atoms with E-state index in [0.717, 1.165) is 23.5 Å². The molecule has 0 radical (unpaired) electrons. The lowest BCUT2D eigenvalue weighted by molar-refractivity contribution is 0.445. The van der Waals surface area contributed by atoms with Crippen LogP contribution in [0.15, 0.2) is 18.2 Å². The van der Waals surface area contributed by atoms with Gasteiger partial charge in [0, 0.05) is 22.6 Å². The van der Waals surface area contributed by atoms with Gasteiger partial charge in [0.1, 0.15) is 5.75 Å². The maximum atomic E-state index is 11.6. The molecular formula is C15H22O2S. The second-order valence-electron chi connectivity index (χ2n) is 5.28. The molecule has 0 spiro atoms. The molecule has 0 bridgehead atoms. The van der Waals surface area contributed by atoms with E-state index in [1.165, 1.54) is 12.8 Å². The Morgan fingerprint density at radius 2 is 2.00 bits per heavy atom. The normalized spacial score (nSPS) is 20.4. The van der Waals surface area contributed by atoms with Crippen LogP contribution in [0.25, 0.3) is 0 Å². The molecule has 0 heterocycles. The lowest BCUT2D eigenvalue weighted by Crippen LogP contribution is -2.05. The van der Waals surface area contributed by atoms with Crippen LogP contribution in [-0.2, 0) is 10.8 Å². The van der Waals surface area contributed by atoms with E-state index in [0.29, 0.717) is 11.7 Å². The molecule has 0 aromatic heterocycles. The van der Waals surface area contributed by atoms with Crippen LogP contribution in [0.4, 0.5) is 0 Å². The van der Waals surface area contributed by atoms with E-state index < -0.39 is 10.8 Å². The summed E-state index contributed by atoms with van der Waals surface area (Å²) in [4.78, 5) is 0. The first-order valence-electron chi connectivity index (χ1n) is 6.70. The summed E-state index contributed by atoms with van der Waals surface area (Å²) >= 11 is 0. The highest BCUT2D eigenvalue weighted by Crippen LogP contribution is 2.47. The first kappa shape index (κ1) is 13.6. The molecule has 0 amide bonds. The van der Waals surface area contributed by atoms with Crippen LogP contribution < -0.4 is 0 Å². The predicted octanol–water partition coefficient (Wildman–Crippen LogP) is 3.74. The minimum atomic E-state index is -0.950. The highest BCUT2D eigenvalue weighted by atomic mass is 32.2. The van der Waals surface area contributed by atoms with Gasteiger partial charge in [0.25, 0.3) is 0 Å². The summed E-state index contributed by atoms with van der Waals surface area (Å²) in [7, 11) is -0.950. The van der Waals surface area contributed by atoms with Gasteiger partial charge in [-0.15, -0.1) is 0 Å². The van der Waals surface area contributed by atoms with Crippen molar-refractivity contribution in [1.29, 1.82) is 0 Å². The Labute approximate surface area is 112 Å². The highest BCUT2D eigenvalue weighted by molar-refractivity contribution is 7.84. The minimum absolute atomic E-state index is 0.110. The van der Waals surface area contributed by atoms with Crippen molar-refractivity contribution in [3.63, 3.8) is 0 Å². The molecule has 1 aromatic rings. The van der Waals surface area contributed by atoms with Gasteiger partial charge in [-0.05, 0) is 43.6 Å². The zero-order valence-electron chi connectivity index (χ0n) is 11.3. The summed E-state index contributed by atoms with van der Waals surface area (Å²) in [6.45, 7) is 4.09. The van der Waals surface area contributed by atoms with E-state index in [1.54, 1.807) is 6.26 Å². The lowest BCUT2D eigenvalue weighted by Gasteiger charge is -2.19. The third-order valence-electron chi connectivity index (χ3n) is 4.06. The van der Waals surface area contributed by atoms with Crippen LogP contribution in [0.5, 0.6) is 5.75 Å². The summed E-state index contributed by atoms with van der Waals surface area (Å²) in [5.74, 6) is 1.57. The Bertz CT molecular complexity index is 452. The molecule has 3 atom stereocenters. The molecule has 1 saturated carbocycles. The van der Waals surface area contributed by atoms with Gasteiger partial charge in [-0.3, -0.25) is 4.21 Å². The van der Waals surface area contributed by atoms with Gasteiger partial charge in [0.05, 0.1) is 5.25 Å². The Hall–Kier alpha value is -0.830. The molecule has 0 saturated heterocycles. The topological polar surface area (TPSA) is 37.3 Å². The molecule has 1 aliphatic rings. The lowest BCUT2D eigenvalue weighted by atomic mass is 9.89. The second-order valence-corrected chi connectivity index (χ2v) is 6.98. The average Bonchev–Trinajstić information content (AvgIpc) is 3.16. The van der Waals surface area contributed by atoms with Crippen molar-refractivity contribution < 1.29 is 9.32 Å². The molecule has 1 N–H and O–H groups in total. The number of para-hydroxylation sites is 1. The number of hydrogen-bond acceptors (Lipinski definition) is 2. The van der Waals surface area contributed by atoms with Gasteiger partial charge in [0.15, 0.2) is 0 Å². The fourth-order valence-corrected chi connectivity index (χ4v) is 3.24. The van der Waals surface area contributed by atoms with E-state index >= 15 is 0 Å². The van der Waals surface area contributed by atoms with E-state index in [1.807, 2.05) is 25.1 Å². The smallest absolute Gasteiger partial charge is 0.123 e. The Morgan fingerprint density at radius 1 is 1.39 bits per heavy atom. The quantitative estimate of drug-likeness (QED) is 0.881. The second kappa shape index (κ2) is 5.43. The van der Waals surface area contributed by atoms with Gasteiger partial charge in [0.2, 0.25) is 0 Å². The van der Waals surface area contributed by atoms with Crippen LogP contribution in [-0.4, -0.2) is 15.6 Å². The van der Waals surface area contributed by atoms with Gasteiger partial charge in [-0.25, -0.2) is 0 Å². The summed E-state index contributed by atoms with van der Waals surface area (Å²) in [6, 6.07) is 5.90. The van der Waals surface area contributed by atoms with Gasteiger partial charge in [-0.2, -0.15) is 0 Å². The number of benzene rings is 1. The van der Waals surface area contributed by atoms with Crippen molar-refractivity contribution in [3.05, 3.63) is 29.3 Å². The molecule has 0 aliphatic heterocycles. The van der Waals surface area contributed by atoms with E-state index in [9.17, 15) is 9.32 Å². The molecule has 1 aliphatic carbocycles. The van der Waals surface area contributed by atoms with Crippen LogP contribution in [0, 0.1) is 5.92 Å². The van der Waals surface area contributed by atoms with E-state index in [-0.39, 0.29) is 5.25 Å². The Kier molecular flexibility index (Phi) is 4.10. The summed E-state index contributed by atoms with van der Waals surface area (Å²) in [5.41, 5.74) is 1.88. The molecule has 18 heavy (non-hydrogen) atoms. The van der Waals surface area contributed by atoms with E-state index in [4.69, 9.17) is 0 Å². The largest absolute Gasteiger partial charge is 0.507 e. The molecule has 1 aromatic carbocycles. The number of phenols is 1. The van der Waals surface area contributed by atoms with Crippen molar-refractivity contribution in [2.24, 2.45) is 5.92 Å². The van der Waals surface area contributed by atoms with Crippen LogP contribution >= 0.6 is 0 Å². The fourth-order valence-electron chi connectivity index (χ4n) is 2.69. The highest BCUT2D eigenvalue weighted by Gasteiger charge is 2.33. The maximum Gasteiger partial charge on any atom is 0.123 e. The standard InChI is InChI=1S/C15H22O2S/c1-4-12(11-8-9-11)14-7-5-6-13(15(14)16)10(2)18(3)17/h5-7,10-12,16H,4,8-9H2,1-3H3. The molecule has 2 nitrogen and oxygen atoms in total. The van der Waals surface area contributed by atoms with Gasteiger partial charge in [-0.1, -0.05) is 25.1 Å². The average molecular weight is 266 g/mol. The zero-order chi connectivity index (χ0) is 13.3. The van der Waals surface area contributed by atoms with Gasteiger partial charge >= 0.3 is 0 Å². The minimum Gasteiger partial charge on any atom is -0.507 e. The first-order valence-corrected chi connectivity index (χ1v) is 8.32. The number of hydrogen-bond donors (Lipinski definition) is 1. The van der Waals surface area contributed by atoms with E-state index in [2.05, 4.69) is 6.92 Å². The Morgan fingerprint density at radius 3 is 2.50 bits per heavy atom. The fraction of sp³-hybridized carbons (Fsp3) is 0.600. The summed E-state index contributed by atoms with van der Waals surface area (Å²) in [6.07, 6.45) is 5.30. The molecule has 3 heteroatoms. The number of aromatic hydroxyl groups is 1. The number of phenolic OH excluding ortho intramolecular Hbond substituents is 1. The van der Waals surface area contributed by atoms with Gasteiger partial charge < -0.3 is 5.11 Å². The third kappa shape index (κ3) is 2.61. The van der Waals surface area contributed by atoms with Crippen LogP contribution in [0.3, 0.4) is 0 Å². The van der Waals surface area contributed by atoms with Crippen molar-refractivity contribution in [1.82, 2.24) is 0 Å². The summed E-state index contributed by atoms with van der Waals surface area (Å²) in [5, 5.41) is 10.3. The molecule has 1 fully saturated rings. The van der Waals surface area contributed by atoms with Crippen molar-refractivity contribution in [2.45, 2.75) is 44.3 Å². The molecule has 2 rings (SSSR count). The number of rotatable bonds is 5. The molecular weight excluding hydrogens is 244 g/mol. The molecule has 3 unspecified atom stereocenters. The zero-order valence-corrected chi connectivity index (χ0v) is 12.2. The SMILES string of the molecule is CCC(c1cccc(C(C)S(C)=O)c1O)C1CC1. The van der Waals surface area contributed by atoms with Crippen molar-refractivity contribution in [2.75, 3.05) is 6.26 Å². The monoisotopic (exact) mass is 266 g/mol. The Balaban J connectivity index is 2.37. The third-order valence-corrected chi connectivity index (χ3v) is 5.31. The van der Waals surface area contributed by atoms with Crippen molar-refractivity contribution >= 4 is 10.8 Å².